The lowest BCUT2D eigenvalue weighted by Crippen LogP contribution is -2.31. The minimum atomic E-state index is -0.337. The molecule has 0 aliphatic rings. The van der Waals surface area contributed by atoms with Gasteiger partial charge in [-0.15, -0.1) is 0 Å². The van der Waals surface area contributed by atoms with E-state index in [0.717, 1.165) is 12.8 Å². The standard InChI is InChI=1S/C24H42N4O2/c1-3-4-5-6-7-8-9-10-11-12-13-14-15-16-17-18-19-25-24(30)28-23-26-21(2)20-22(29)27-23/h10-11,20H,3-9,12-19H2,1-2H3,(H3,25,26,27,28,29,30)/b11-10+. The molecule has 0 spiro atoms. The summed E-state index contributed by atoms with van der Waals surface area (Å²) in [5.74, 6) is 0.179. The normalized spacial score (nSPS) is 11.1. The number of anilines is 1. The lowest BCUT2D eigenvalue weighted by Gasteiger charge is -2.07. The summed E-state index contributed by atoms with van der Waals surface area (Å²) in [6, 6.07) is 1.05. The van der Waals surface area contributed by atoms with E-state index in [1.165, 1.54) is 83.1 Å². The van der Waals surface area contributed by atoms with E-state index in [1.54, 1.807) is 6.92 Å². The smallest absolute Gasteiger partial charge is 0.321 e. The highest BCUT2D eigenvalue weighted by molar-refractivity contribution is 5.87. The zero-order chi connectivity index (χ0) is 21.9. The van der Waals surface area contributed by atoms with Crippen LogP contribution in [0.4, 0.5) is 10.7 Å². The number of aryl methyl sites for hydroxylation is 1. The fourth-order valence-electron chi connectivity index (χ4n) is 3.36. The van der Waals surface area contributed by atoms with Crippen molar-refractivity contribution in [2.75, 3.05) is 11.9 Å². The van der Waals surface area contributed by atoms with Crippen LogP contribution in [0, 0.1) is 6.92 Å². The van der Waals surface area contributed by atoms with Crippen LogP contribution in [-0.2, 0) is 0 Å². The molecule has 1 heterocycles. The molecule has 1 aromatic rings. The summed E-state index contributed by atoms with van der Waals surface area (Å²) >= 11 is 0. The molecule has 6 nitrogen and oxygen atoms in total. The molecule has 6 heteroatoms. The molecule has 0 aliphatic carbocycles. The van der Waals surface area contributed by atoms with E-state index in [1.807, 2.05) is 0 Å². The van der Waals surface area contributed by atoms with Crippen molar-refractivity contribution in [1.82, 2.24) is 15.3 Å². The fourth-order valence-corrected chi connectivity index (χ4v) is 3.36. The molecule has 1 rings (SSSR count). The fraction of sp³-hybridized carbons (Fsp3) is 0.708. The largest absolute Gasteiger partial charge is 0.338 e. The number of allylic oxidation sites excluding steroid dienone is 2. The number of rotatable bonds is 17. The number of aromatic nitrogens is 2. The van der Waals surface area contributed by atoms with Crippen molar-refractivity contribution in [2.45, 2.75) is 104 Å². The molecular weight excluding hydrogens is 376 g/mol. The average molecular weight is 419 g/mol. The molecular formula is C24H42N4O2. The monoisotopic (exact) mass is 418 g/mol. The van der Waals surface area contributed by atoms with E-state index in [4.69, 9.17) is 0 Å². The molecule has 0 bridgehead atoms. The Morgan fingerprint density at radius 1 is 0.933 bits per heavy atom. The zero-order valence-electron chi connectivity index (χ0n) is 19.1. The van der Waals surface area contributed by atoms with Crippen LogP contribution in [0.5, 0.6) is 0 Å². The highest BCUT2D eigenvalue weighted by Crippen LogP contribution is 2.09. The van der Waals surface area contributed by atoms with Crippen LogP contribution in [0.3, 0.4) is 0 Å². The van der Waals surface area contributed by atoms with Crippen molar-refractivity contribution in [2.24, 2.45) is 0 Å². The van der Waals surface area contributed by atoms with Crippen LogP contribution >= 0.6 is 0 Å². The van der Waals surface area contributed by atoms with Gasteiger partial charge in [-0.2, -0.15) is 0 Å². The van der Waals surface area contributed by atoms with Crippen LogP contribution in [0.25, 0.3) is 0 Å². The number of urea groups is 1. The van der Waals surface area contributed by atoms with E-state index in [-0.39, 0.29) is 17.5 Å². The zero-order valence-corrected chi connectivity index (χ0v) is 19.1. The quantitative estimate of drug-likeness (QED) is 0.207. The Morgan fingerprint density at radius 3 is 2.10 bits per heavy atom. The lowest BCUT2D eigenvalue weighted by atomic mass is 10.1. The average Bonchev–Trinajstić information content (AvgIpc) is 2.69. The Hall–Kier alpha value is -2.11. The molecule has 3 N–H and O–H groups in total. The second kappa shape index (κ2) is 17.7. The third-order valence-corrected chi connectivity index (χ3v) is 5.08. The minimum Gasteiger partial charge on any atom is -0.338 e. The summed E-state index contributed by atoms with van der Waals surface area (Å²) in [7, 11) is 0. The Kier molecular flexibility index (Phi) is 15.3. The number of carbonyl (C=O) groups excluding carboxylic acids is 1. The summed E-state index contributed by atoms with van der Waals surface area (Å²) in [6.07, 6.45) is 22.5. The maximum Gasteiger partial charge on any atom is 0.321 e. The van der Waals surface area contributed by atoms with E-state index in [0.29, 0.717) is 12.2 Å². The molecule has 1 aromatic heterocycles. The third-order valence-electron chi connectivity index (χ3n) is 5.08. The first-order valence-electron chi connectivity index (χ1n) is 11.9. The molecule has 170 valence electrons. The Labute approximate surface area is 182 Å². The lowest BCUT2D eigenvalue weighted by molar-refractivity contribution is 0.251. The number of unbranched alkanes of at least 4 members (excludes halogenated alkanes) is 12. The van der Waals surface area contributed by atoms with Gasteiger partial charge in [-0.05, 0) is 39.0 Å². The van der Waals surface area contributed by atoms with E-state index in [9.17, 15) is 9.59 Å². The Bertz CT molecular complexity index is 655. The summed E-state index contributed by atoms with van der Waals surface area (Å²) in [5, 5.41) is 5.35. The summed E-state index contributed by atoms with van der Waals surface area (Å²) < 4.78 is 0. The minimum absolute atomic E-state index is 0.179. The van der Waals surface area contributed by atoms with Gasteiger partial charge in [0.2, 0.25) is 5.95 Å². The molecule has 0 saturated heterocycles. The predicted molar refractivity (Wildman–Crippen MR) is 126 cm³/mol. The first-order chi connectivity index (χ1) is 14.6. The van der Waals surface area contributed by atoms with Crippen molar-refractivity contribution in [3.8, 4) is 0 Å². The van der Waals surface area contributed by atoms with Gasteiger partial charge >= 0.3 is 6.03 Å². The number of nitrogens with one attached hydrogen (secondary N) is 3. The molecule has 30 heavy (non-hydrogen) atoms. The van der Waals surface area contributed by atoms with Gasteiger partial charge in [-0.25, -0.2) is 9.78 Å². The Balaban J connectivity index is 1.87. The van der Waals surface area contributed by atoms with Crippen molar-refractivity contribution in [1.29, 1.82) is 0 Å². The molecule has 0 fully saturated rings. The molecule has 0 saturated carbocycles. The van der Waals surface area contributed by atoms with Crippen LogP contribution < -0.4 is 16.2 Å². The van der Waals surface area contributed by atoms with Gasteiger partial charge in [0.1, 0.15) is 0 Å². The summed E-state index contributed by atoms with van der Waals surface area (Å²) in [4.78, 5) is 29.7. The van der Waals surface area contributed by atoms with Gasteiger partial charge in [-0.1, -0.05) is 76.9 Å². The number of carbonyl (C=O) groups is 1. The molecule has 0 unspecified atom stereocenters. The summed E-state index contributed by atoms with van der Waals surface area (Å²) in [5.41, 5.74) is 0.299. The van der Waals surface area contributed by atoms with Crippen LogP contribution in [-0.4, -0.2) is 22.5 Å². The summed E-state index contributed by atoms with van der Waals surface area (Å²) in [6.45, 7) is 4.60. The Morgan fingerprint density at radius 2 is 1.50 bits per heavy atom. The molecule has 0 aromatic carbocycles. The highest BCUT2D eigenvalue weighted by Gasteiger charge is 2.03. The second-order valence-corrected chi connectivity index (χ2v) is 8.05. The molecule has 0 atom stereocenters. The number of aromatic amines is 1. The first kappa shape index (κ1) is 25.9. The van der Waals surface area contributed by atoms with Gasteiger partial charge in [0.15, 0.2) is 0 Å². The molecule has 0 aliphatic heterocycles. The number of nitrogens with zero attached hydrogens (tertiary/aromatic N) is 1. The SMILES string of the molecule is CCCCCCCC/C=C/CCCCCCCCNC(=O)Nc1nc(C)cc(=O)[nH]1. The van der Waals surface area contributed by atoms with Crippen molar-refractivity contribution in [3.05, 3.63) is 34.3 Å². The molecule has 0 radical (unpaired) electrons. The third kappa shape index (κ3) is 14.8. The van der Waals surface area contributed by atoms with Gasteiger partial charge in [0, 0.05) is 18.3 Å². The first-order valence-corrected chi connectivity index (χ1v) is 11.9. The maximum absolute atomic E-state index is 11.8. The van der Waals surface area contributed by atoms with Crippen molar-refractivity contribution < 1.29 is 4.79 Å². The second-order valence-electron chi connectivity index (χ2n) is 8.05. The number of hydrogen-bond acceptors (Lipinski definition) is 3. The van der Waals surface area contributed by atoms with Crippen molar-refractivity contribution >= 4 is 12.0 Å². The van der Waals surface area contributed by atoms with E-state index >= 15 is 0 Å². The number of H-pyrrole nitrogens is 1. The van der Waals surface area contributed by atoms with Gasteiger partial charge in [0.25, 0.3) is 5.56 Å². The predicted octanol–water partition coefficient (Wildman–Crippen LogP) is 6.24. The van der Waals surface area contributed by atoms with Gasteiger partial charge < -0.3 is 5.32 Å². The highest BCUT2D eigenvalue weighted by atomic mass is 16.2. The number of amides is 2. The van der Waals surface area contributed by atoms with E-state index < -0.39 is 0 Å². The maximum atomic E-state index is 11.8. The van der Waals surface area contributed by atoms with Crippen LogP contribution in [0.15, 0.2) is 23.0 Å². The van der Waals surface area contributed by atoms with Crippen molar-refractivity contribution in [3.63, 3.8) is 0 Å². The van der Waals surface area contributed by atoms with Gasteiger partial charge in [-0.3, -0.25) is 15.1 Å². The van der Waals surface area contributed by atoms with Gasteiger partial charge in [0.05, 0.1) is 0 Å². The van der Waals surface area contributed by atoms with Crippen LogP contribution in [0.1, 0.15) is 103 Å². The van der Waals surface area contributed by atoms with Crippen LogP contribution in [0.2, 0.25) is 0 Å². The number of hydrogen-bond donors (Lipinski definition) is 3. The van der Waals surface area contributed by atoms with E-state index in [2.05, 4.69) is 39.7 Å². The topological polar surface area (TPSA) is 86.9 Å². The molecule has 2 amide bonds.